The zero-order valence-electron chi connectivity index (χ0n) is 11.6. The monoisotopic (exact) mass is 251 g/mol. The van der Waals surface area contributed by atoms with Crippen LogP contribution < -0.4 is 5.32 Å². The maximum Gasteiger partial charge on any atom is 0.237 e. The van der Waals surface area contributed by atoms with Crippen LogP contribution in [0.1, 0.15) is 46.0 Å². The van der Waals surface area contributed by atoms with Gasteiger partial charge in [-0.1, -0.05) is 19.8 Å². The Kier molecular flexibility index (Phi) is 6.74. The van der Waals surface area contributed by atoms with Crippen molar-refractivity contribution < 1.29 is 4.79 Å². The highest BCUT2D eigenvalue weighted by atomic mass is 16.2. The second kappa shape index (κ2) is 8.10. The van der Waals surface area contributed by atoms with Gasteiger partial charge in [0.25, 0.3) is 0 Å². The number of likely N-dealkylation sites (tertiary alicyclic amines) is 1. The van der Waals surface area contributed by atoms with Crippen LogP contribution in [-0.4, -0.2) is 36.5 Å². The molecule has 1 aliphatic heterocycles. The largest absolute Gasteiger partial charge is 0.355 e. The Morgan fingerprint density at radius 2 is 2.33 bits per heavy atom. The lowest BCUT2D eigenvalue weighted by molar-refractivity contribution is -0.126. The lowest BCUT2D eigenvalue weighted by atomic mass is 9.98. The second-order valence-corrected chi connectivity index (χ2v) is 5.14. The Balaban J connectivity index is 2.31. The van der Waals surface area contributed by atoms with E-state index in [1.165, 1.54) is 6.42 Å². The Morgan fingerprint density at radius 1 is 1.56 bits per heavy atom. The summed E-state index contributed by atoms with van der Waals surface area (Å²) in [6, 6.07) is 2.21. The van der Waals surface area contributed by atoms with Gasteiger partial charge in [-0.15, -0.1) is 0 Å². The molecule has 4 nitrogen and oxygen atoms in total. The van der Waals surface area contributed by atoms with Gasteiger partial charge in [-0.25, -0.2) is 0 Å². The zero-order valence-corrected chi connectivity index (χ0v) is 11.6. The molecule has 0 aromatic rings. The van der Waals surface area contributed by atoms with Crippen molar-refractivity contribution in [3.8, 4) is 6.07 Å². The Morgan fingerprint density at radius 3 is 3.00 bits per heavy atom. The van der Waals surface area contributed by atoms with Gasteiger partial charge in [-0.3, -0.25) is 9.69 Å². The number of piperidine rings is 1. The summed E-state index contributed by atoms with van der Waals surface area (Å²) in [5.74, 6) is 0.193. The summed E-state index contributed by atoms with van der Waals surface area (Å²) in [5, 5.41) is 11.9. The van der Waals surface area contributed by atoms with Crippen molar-refractivity contribution in [2.75, 3.05) is 19.6 Å². The highest BCUT2D eigenvalue weighted by molar-refractivity contribution is 5.81. The first kappa shape index (κ1) is 15.0. The maximum atomic E-state index is 12.0. The zero-order chi connectivity index (χ0) is 13.4. The molecule has 0 saturated carbocycles. The summed E-state index contributed by atoms with van der Waals surface area (Å²) in [5.41, 5.74) is 0. The van der Waals surface area contributed by atoms with Gasteiger partial charge < -0.3 is 5.32 Å². The van der Waals surface area contributed by atoms with Crippen LogP contribution in [0.4, 0.5) is 0 Å². The van der Waals surface area contributed by atoms with Gasteiger partial charge in [-0.2, -0.15) is 5.26 Å². The molecule has 0 aromatic carbocycles. The van der Waals surface area contributed by atoms with Gasteiger partial charge in [0.05, 0.1) is 18.0 Å². The fourth-order valence-electron chi connectivity index (χ4n) is 2.36. The number of nitrogens with one attached hydrogen (secondary N) is 1. The number of nitrogens with zero attached hydrogens (tertiary/aromatic N) is 2. The first-order valence-electron chi connectivity index (χ1n) is 7.10. The van der Waals surface area contributed by atoms with E-state index in [4.69, 9.17) is 5.26 Å². The van der Waals surface area contributed by atoms with Crippen molar-refractivity contribution >= 4 is 5.91 Å². The number of amides is 1. The summed E-state index contributed by atoms with van der Waals surface area (Å²) in [4.78, 5) is 14.1. The molecular formula is C14H25N3O. The van der Waals surface area contributed by atoms with Crippen LogP contribution in [-0.2, 0) is 4.79 Å². The van der Waals surface area contributed by atoms with Gasteiger partial charge in [-0.05, 0) is 32.7 Å². The molecule has 102 valence electrons. The Hall–Kier alpha value is -1.08. The van der Waals surface area contributed by atoms with Crippen molar-refractivity contribution in [3.63, 3.8) is 0 Å². The van der Waals surface area contributed by atoms with E-state index in [2.05, 4.69) is 23.2 Å². The standard InChI is InChI=1S/C14H25N3O/c1-3-4-5-8-16-14(18)12(2)17-9-6-7-13(10-15)11-17/h12-13H,3-9,11H2,1-2H3,(H,16,18). The quantitative estimate of drug-likeness (QED) is 0.734. The summed E-state index contributed by atoms with van der Waals surface area (Å²) in [6.07, 6.45) is 5.37. The Bertz CT molecular complexity index is 298. The first-order chi connectivity index (χ1) is 8.69. The molecule has 1 fully saturated rings. The van der Waals surface area contributed by atoms with Gasteiger partial charge in [0.1, 0.15) is 0 Å². The molecule has 1 aliphatic rings. The molecule has 1 saturated heterocycles. The van der Waals surface area contributed by atoms with Crippen molar-refractivity contribution in [2.24, 2.45) is 5.92 Å². The molecule has 1 rings (SSSR count). The third-order valence-electron chi connectivity index (χ3n) is 3.64. The molecule has 0 aliphatic carbocycles. The molecule has 0 spiro atoms. The van der Waals surface area contributed by atoms with E-state index in [9.17, 15) is 4.79 Å². The first-order valence-corrected chi connectivity index (χ1v) is 7.10. The minimum absolute atomic E-state index is 0.0918. The molecule has 2 unspecified atom stereocenters. The number of nitriles is 1. The topological polar surface area (TPSA) is 56.1 Å². The molecule has 2 atom stereocenters. The SMILES string of the molecule is CCCCCNC(=O)C(C)N1CCCC(C#N)C1. The normalized spacial score (nSPS) is 22.2. The van der Waals surface area contributed by atoms with Crippen molar-refractivity contribution in [2.45, 2.75) is 52.0 Å². The highest BCUT2D eigenvalue weighted by Crippen LogP contribution is 2.17. The summed E-state index contributed by atoms with van der Waals surface area (Å²) in [7, 11) is 0. The number of unbranched alkanes of at least 4 members (excludes halogenated alkanes) is 2. The van der Waals surface area contributed by atoms with Crippen LogP contribution in [0.15, 0.2) is 0 Å². The minimum atomic E-state index is -0.109. The van der Waals surface area contributed by atoms with Gasteiger partial charge >= 0.3 is 0 Å². The number of carbonyl (C=O) groups is 1. The number of hydrogen-bond donors (Lipinski definition) is 1. The summed E-state index contributed by atoms with van der Waals surface area (Å²) >= 11 is 0. The van der Waals surface area contributed by atoms with Crippen molar-refractivity contribution in [1.82, 2.24) is 10.2 Å². The van der Waals surface area contributed by atoms with E-state index in [1.54, 1.807) is 0 Å². The molecular weight excluding hydrogens is 226 g/mol. The fraction of sp³-hybridized carbons (Fsp3) is 0.857. The molecule has 1 heterocycles. The number of rotatable bonds is 6. The molecule has 4 heteroatoms. The molecule has 0 radical (unpaired) electrons. The third kappa shape index (κ3) is 4.66. The lowest BCUT2D eigenvalue weighted by Crippen LogP contribution is -2.49. The van der Waals surface area contributed by atoms with E-state index >= 15 is 0 Å². The van der Waals surface area contributed by atoms with E-state index < -0.39 is 0 Å². The van der Waals surface area contributed by atoms with Crippen LogP contribution in [0, 0.1) is 17.2 Å². The van der Waals surface area contributed by atoms with Crippen LogP contribution in [0.5, 0.6) is 0 Å². The average molecular weight is 251 g/mol. The number of hydrogen-bond acceptors (Lipinski definition) is 3. The molecule has 1 N–H and O–H groups in total. The number of carbonyl (C=O) groups excluding carboxylic acids is 1. The fourth-order valence-corrected chi connectivity index (χ4v) is 2.36. The predicted molar refractivity (Wildman–Crippen MR) is 71.9 cm³/mol. The minimum Gasteiger partial charge on any atom is -0.355 e. The van der Waals surface area contributed by atoms with Crippen molar-refractivity contribution in [1.29, 1.82) is 5.26 Å². The molecule has 1 amide bonds. The van der Waals surface area contributed by atoms with Crippen LogP contribution in [0.25, 0.3) is 0 Å². The summed E-state index contributed by atoms with van der Waals surface area (Å²) in [6.45, 7) is 6.53. The molecule has 0 bridgehead atoms. The lowest BCUT2D eigenvalue weighted by Gasteiger charge is -2.33. The summed E-state index contributed by atoms with van der Waals surface area (Å²) < 4.78 is 0. The van der Waals surface area contributed by atoms with E-state index in [1.807, 2.05) is 6.92 Å². The van der Waals surface area contributed by atoms with Crippen molar-refractivity contribution in [3.05, 3.63) is 0 Å². The third-order valence-corrected chi connectivity index (χ3v) is 3.64. The maximum absolute atomic E-state index is 12.0. The predicted octanol–water partition coefficient (Wildman–Crippen LogP) is 1.92. The smallest absolute Gasteiger partial charge is 0.237 e. The molecule has 0 aromatic heterocycles. The second-order valence-electron chi connectivity index (χ2n) is 5.14. The van der Waals surface area contributed by atoms with E-state index in [0.29, 0.717) is 0 Å². The van der Waals surface area contributed by atoms with Crippen LogP contribution in [0.3, 0.4) is 0 Å². The average Bonchev–Trinajstić information content (AvgIpc) is 2.42. The molecule has 18 heavy (non-hydrogen) atoms. The van der Waals surface area contributed by atoms with Gasteiger partial charge in [0.15, 0.2) is 0 Å². The Labute approximate surface area is 110 Å². The highest BCUT2D eigenvalue weighted by Gasteiger charge is 2.26. The van der Waals surface area contributed by atoms with Crippen LogP contribution >= 0.6 is 0 Å². The van der Waals surface area contributed by atoms with Gasteiger partial charge in [0.2, 0.25) is 5.91 Å². The van der Waals surface area contributed by atoms with Crippen LogP contribution in [0.2, 0.25) is 0 Å². The van der Waals surface area contributed by atoms with Gasteiger partial charge in [0, 0.05) is 13.1 Å². The van der Waals surface area contributed by atoms with E-state index in [-0.39, 0.29) is 17.9 Å². The van der Waals surface area contributed by atoms with E-state index in [0.717, 1.165) is 45.3 Å².